The lowest BCUT2D eigenvalue weighted by Gasteiger charge is -2.35. The predicted octanol–water partition coefficient (Wildman–Crippen LogP) is 4.31. The Labute approximate surface area is 199 Å². The molecule has 2 atom stereocenters. The Morgan fingerprint density at radius 2 is 1.62 bits per heavy atom. The van der Waals surface area contributed by atoms with Gasteiger partial charge in [-0.3, -0.25) is 4.79 Å². The summed E-state index contributed by atoms with van der Waals surface area (Å²) in [5.74, 6) is -1.36. The predicted molar refractivity (Wildman–Crippen MR) is 128 cm³/mol. The van der Waals surface area contributed by atoms with Crippen LogP contribution < -0.4 is 10.6 Å². The summed E-state index contributed by atoms with van der Waals surface area (Å²) in [6.07, 6.45) is 1.73. The van der Waals surface area contributed by atoms with Gasteiger partial charge in [0.1, 0.15) is 12.6 Å². The zero-order valence-electron chi connectivity index (χ0n) is 19.6. The van der Waals surface area contributed by atoms with Crippen molar-refractivity contribution in [1.82, 2.24) is 10.6 Å². The van der Waals surface area contributed by atoms with Gasteiger partial charge in [0.25, 0.3) is 0 Å². The topological polar surface area (TPSA) is 105 Å². The van der Waals surface area contributed by atoms with Crippen LogP contribution in [0.2, 0.25) is 0 Å². The van der Waals surface area contributed by atoms with Crippen molar-refractivity contribution in [3.05, 3.63) is 59.7 Å². The Morgan fingerprint density at radius 1 is 1.03 bits per heavy atom. The lowest BCUT2D eigenvalue weighted by atomic mass is 9.79. The van der Waals surface area contributed by atoms with E-state index in [1.807, 2.05) is 38.1 Å². The minimum absolute atomic E-state index is 0.00321. The highest BCUT2D eigenvalue weighted by Gasteiger charge is 2.37. The normalized spacial score (nSPS) is 20.3. The van der Waals surface area contributed by atoms with E-state index in [9.17, 15) is 19.5 Å². The maximum atomic E-state index is 12.5. The Hall–Kier alpha value is -3.35. The molecule has 0 heterocycles. The zero-order chi connectivity index (χ0) is 24.2. The first-order chi connectivity index (χ1) is 16.4. The Morgan fingerprint density at radius 3 is 2.18 bits per heavy atom. The van der Waals surface area contributed by atoms with Crippen molar-refractivity contribution in [2.24, 2.45) is 11.8 Å². The summed E-state index contributed by atoms with van der Waals surface area (Å²) in [5, 5.41) is 14.9. The minimum atomic E-state index is -1.01. The summed E-state index contributed by atoms with van der Waals surface area (Å²) in [5.41, 5.74) is 4.66. The first kappa shape index (κ1) is 23.8. The van der Waals surface area contributed by atoms with Gasteiger partial charge in [-0.1, -0.05) is 68.8 Å². The molecule has 4 rings (SSSR count). The summed E-state index contributed by atoms with van der Waals surface area (Å²) < 4.78 is 5.57. The lowest BCUT2D eigenvalue weighted by molar-refractivity contribution is -0.143. The molecule has 1 saturated carbocycles. The number of rotatable bonds is 9. The van der Waals surface area contributed by atoms with Gasteiger partial charge in [-0.05, 0) is 47.4 Å². The molecule has 3 N–H and O–H groups in total. The Bertz CT molecular complexity index is 1020. The van der Waals surface area contributed by atoms with Gasteiger partial charge in [-0.15, -0.1) is 0 Å². The molecule has 2 aliphatic carbocycles. The van der Waals surface area contributed by atoms with Crippen LogP contribution in [-0.2, 0) is 14.3 Å². The van der Waals surface area contributed by atoms with Crippen molar-refractivity contribution in [2.75, 3.05) is 6.61 Å². The van der Waals surface area contributed by atoms with Crippen LogP contribution in [0.1, 0.15) is 56.6 Å². The third-order valence-electron chi connectivity index (χ3n) is 7.12. The van der Waals surface area contributed by atoms with Gasteiger partial charge in [-0.25, -0.2) is 9.59 Å². The molecule has 7 nitrogen and oxygen atoms in total. The first-order valence-corrected chi connectivity index (χ1v) is 12.0. The molecule has 1 fully saturated rings. The monoisotopic (exact) mass is 464 g/mol. The van der Waals surface area contributed by atoms with Crippen LogP contribution in [0.15, 0.2) is 48.5 Å². The number of benzene rings is 2. The van der Waals surface area contributed by atoms with E-state index in [1.165, 1.54) is 11.1 Å². The second-order valence-electron chi connectivity index (χ2n) is 9.48. The van der Waals surface area contributed by atoms with Crippen molar-refractivity contribution >= 4 is 18.0 Å². The summed E-state index contributed by atoms with van der Waals surface area (Å²) in [7, 11) is 0. The highest BCUT2D eigenvalue weighted by atomic mass is 16.5. The molecule has 0 bridgehead atoms. The number of hydrogen-bond donors (Lipinski definition) is 3. The van der Waals surface area contributed by atoms with Gasteiger partial charge < -0.3 is 20.5 Å². The minimum Gasteiger partial charge on any atom is -0.480 e. The molecular formula is C27H32N2O5. The van der Waals surface area contributed by atoms with E-state index in [2.05, 4.69) is 34.9 Å². The molecule has 34 heavy (non-hydrogen) atoms. The molecule has 0 spiro atoms. The average molecular weight is 465 g/mol. The number of hydrogen-bond acceptors (Lipinski definition) is 4. The van der Waals surface area contributed by atoms with E-state index in [1.54, 1.807) is 0 Å². The molecule has 0 saturated heterocycles. The van der Waals surface area contributed by atoms with Crippen LogP contribution in [0.3, 0.4) is 0 Å². The standard InChI is InChI=1S/C27H32N2O5/c1-3-16(2)12-24(26(31)32)29-25(30)17-13-18(14-17)28-27(33)34-15-23-21-10-6-4-8-19(21)20-9-5-7-11-22(20)23/h4-11,16-18,23-24H,3,12-15H2,1-2H3,(H,28,33)(H,29,30)(H,31,32). The van der Waals surface area contributed by atoms with Gasteiger partial charge >= 0.3 is 12.1 Å². The second kappa shape index (κ2) is 10.3. The largest absolute Gasteiger partial charge is 0.480 e. The van der Waals surface area contributed by atoms with Gasteiger partial charge in [0.15, 0.2) is 0 Å². The SMILES string of the molecule is CCC(C)CC(NC(=O)C1CC(NC(=O)OCC2c3ccccc3-c3ccccc32)C1)C(=O)O. The second-order valence-corrected chi connectivity index (χ2v) is 9.48. The van der Waals surface area contributed by atoms with E-state index in [-0.39, 0.29) is 36.3 Å². The van der Waals surface area contributed by atoms with E-state index in [4.69, 9.17) is 4.74 Å². The van der Waals surface area contributed by atoms with Crippen LogP contribution in [0.25, 0.3) is 11.1 Å². The number of fused-ring (bicyclic) bond motifs is 3. The fraction of sp³-hybridized carbons (Fsp3) is 0.444. The molecule has 2 aliphatic rings. The van der Waals surface area contributed by atoms with Crippen LogP contribution in [0, 0.1) is 11.8 Å². The summed E-state index contributed by atoms with van der Waals surface area (Å²) in [4.78, 5) is 36.3. The Balaban J connectivity index is 1.24. The molecule has 2 amide bonds. The van der Waals surface area contributed by atoms with Crippen LogP contribution in [0.4, 0.5) is 4.79 Å². The molecule has 180 valence electrons. The molecule has 0 aliphatic heterocycles. The van der Waals surface area contributed by atoms with E-state index >= 15 is 0 Å². The smallest absolute Gasteiger partial charge is 0.407 e. The molecule has 0 aromatic heterocycles. The van der Waals surface area contributed by atoms with E-state index in [0.717, 1.165) is 17.5 Å². The van der Waals surface area contributed by atoms with Gasteiger partial charge in [0, 0.05) is 17.9 Å². The summed E-state index contributed by atoms with van der Waals surface area (Å²) in [6, 6.07) is 15.3. The van der Waals surface area contributed by atoms with E-state index < -0.39 is 18.1 Å². The quantitative estimate of drug-likeness (QED) is 0.513. The maximum absolute atomic E-state index is 12.5. The summed E-state index contributed by atoms with van der Waals surface area (Å²) >= 11 is 0. The van der Waals surface area contributed by atoms with Gasteiger partial charge in [0.2, 0.25) is 5.91 Å². The third-order valence-corrected chi connectivity index (χ3v) is 7.12. The molecule has 2 aromatic rings. The van der Waals surface area contributed by atoms with Crippen LogP contribution >= 0.6 is 0 Å². The fourth-order valence-corrected chi connectivity index (χ4v) is 4.84. The number of carbonyl (C=O) groups is 3. The van der Waals surface area contributed by atoms with Crippen LogP contribution in [0.5, 0.6) is 0 Å². The molecular weight excluding hydrogens is 432 g/mol. The number of alkyl carbamates (subject to hydrolysis) is 1. The van der Waals surface area contributed by atoms with E-state index in [0.29, 0.717) is 19.3 Å². The number of amides is 2. The number of aliphatic carboxylic acids is 1. The summed E-state index contributed by atoms with van der Waals surface area (Å²) in [6.45, 7) is 4.21. The average Bonchev–Trinajstić information content (AvgIpc) is 3.12. The van der Waals surface area contributed by atoms with Crippen molar-refractivity contribution in [1.29, 1.82) is 0 Å². The highest BCUT2D eigenvalue weighted by molar-refractivity contribution is 5.86. The lowest BCUT2D eigenvalue weighted by Crippen LogP contribution is -2.52. The number of ether oxygens (including phenoxy) is 1. The fourth-order valence-electron chi connectivity index (χ4n) is 4.84. The highest BCUT2D eigenvalue weighted by Crippen LogP contribution is 2.44. The molecule has 7 heteroatoms. The first-order valence-electron chi connectivity index (χ1n) is 12.0. The molecule has 2 aromatic carbocycles. The molecule has 0 radical (unpaired) electrons. The van der Waals surface area contributed by atoms with Crippen molar-refractivity contribution in [3.8, 4) is 11.1 Å². The van der Waals surface area contributed by atoms with Crippen molar-refractivity contribution in [3.63, 3.8) is 0 Å². The maximum Gasteiger partial charge on any atom is 0.407 e. The van der Waals surface area contributed by atoms with Gasteiger partial charge in [0.05, 0.1) is 0 Å². The Kier molecular flexibility index (Phi) is 7.20. The van der Waals surface area contributed by atoms with Crippen LogP contribution in [-0.4, -0.2) is 41.8 Å². The molecule has 2 unspecified atom stereocenters. The van der Waals surface area contributed by atoms with Crippen molar-refractivity contribution in [2.45, 2.75) is 57.5 Å². The van der Waals surface area contributed by atoms with Gasteiger partial charge in [-0.2, -0.15) is 0 Å². The number of nitrogens with one attached hydrogen (secondary N) is 2. The number of carboxylic acid groups (broad SMARTS) is 1. The third kappa shape index (κ3) is 5.08. The van der Waals surface area contributed by atoms with Crippen molar-refractivity contribution < 1.29 is 24.2 Å². The number of carboxylic acids is 1. The number of carbonyl (C=O) groups excluding carboxylic acids is 2. The zero-order valence-corrected chi connectivity index (χ0v) is 19.6.